The normalized spacial score (nSPS) is 14.7. The summed E-state index contributed by atoms with van der Waals surface area (Å²) in [6.45, 7) is 0.782. The minimum atomic E-state index is 0.0531. The van der Waals surface area contributed by atoms with Gasteiger partial charge in [-0.05, 0) is 46.3 Å². The van der Waals surface area contributed by atoms with Crippen LogP contribution < -0.4 is 20.6 Å². The van der Waals surface area contributed by atoms with E-state index < -0.39 is 0 Å². The summed E-state index contributed by atoms with van der Waals surface area (Å²) in [5.41, 5.74) is 12.0. The molecule has 3 aliphatic rings. The van der Waals surface area contributed by atoms with Gasteiger partial charge in [0, 0.05) is 40.8 Å². The lowest BCUT2D eigenvalue weighted by molar-refractivity contribution is 0.393. The smallest absolute Gasteiger partial charge is 0.329 e. The molecule has 0 radical (unpaired) electrons. The fourth-order valence-electron chi connectivity index (χ4n) is 5.99. The minimum Gasteiger partial charge on any atom is -0.445 e. The zero-order valence-electron chi connectivity index (χ0n) is 20.2. The summed E-state index contributed by atoms with van der Waals surface area (Å²) in [6, 6.07) is 30.9. The van der Waals surface area contributed by atoms with E-state index >= 15 is 0 Å². The quantitative estimate of drug-likeness (QED) is 0.337. The number of hydrogen-bond donors (Lipinski definition) is 0. The molecule has 7 heteroatoms. The summed E-state index contributed by atoms with van der Waals surface area (Å²) in [7, 11) is 1.99. The van der Waals surface area contributed by atoms with Crippen molar-refractivity contribution in [3.63, 3.8) is 0 Å². The van der Waals surface area contributed by atoms with Crippen LogP contribution >= 0.6 is 0 Å². The summed E-state index contributed by atoms with van der Waals surface area (Å²) in [5, 5.41) is 6.37. The number of benzene rings is 4. The molecule has 5 aromatic rings. The van der Waals surface area contributed by atoms with E-state index in [-0.39, 0.29) is 6.85 Å². The van der Waals surface area contributed by atoms with Crippen molar-refractivity contribution < 1.29 is 4.42 Å². The molecular weight excluding hydrogens is 457 g/mol. The zero-order chi connectivity index (χ0) is 24.5. The van der Waals surface area contributed by atoms with Gasteiger partial charge >= 0.3 is 6.85 Å². The molecule has 6 nitrogen and oxygen atoms in total. The van der Waals surface area contributed by atoms with Gasteiger partial charge in [-0.15, -0.1) is 0 Å². The van der Waals surface area contributed by atoms with Crippen molar-refractivity contribution in [3.05, 3.63) is 97.4 Å². The van der Waals surface area contributed by atoms with Gasteiger partial charge in [-0.25, -0.2) is 4.98 Å². The van der Waals surface area contributed by atoms with Crippen LogP contribution in [0.25, 0.3) is 33.7 Å². The Labute approximate surface area is 215 Å². The molecule has 176 valence electrons. The van der Waals surface area contributed by atoms with Gasteiger partial charge in [0.05, 0.1) is 6.20 Å². The van der Waals surface area contributed by atoms with Gasteiger partial charge in [0.25, 0.3) is 0 Å². The van der Waals surface area contributed by atoms with E-state index in [0.717, 1.165) is 23.6 Å². The van der Waals surface area contributed by atoms with E-state index in [2.05, 4.69) is 105 Å². The number of rotatable bonds is 2. The first-order valence-electron chi connectivity index (χ1n) is 12.4. The molecule has 3 aliphatic heterocycles. The number of anilines is 3. The molecule has 4 aromatic carbocycles. The monoisotopic (exact) mass is 479 g/mol. The summed E-state index contributed by atoms with van der Waals surface area (Å²) in [5.74, 6) is 0.626. The predicted octanol–water partition coefficient (Wildman–Crippen LogP) is 4.90. The van der Waals surface area contributed by atoms with Gasteiger partial charge in [-0.2, -0.15) is 5.10 Å². The fraction of sp³-hybridized carbons (Fsp3) is 0.0667. The van der Waals surface area contributed by atoms with Crippen LogP contribution in [0.4, 0.5) is 17.1 Å². The third-order valence-electron chi connectivity index (χ3n) is 7.60. The molecule has 0 N–H and O–H groups in total. The topological polar surface area (TPSA) is 48.1 Å². The highest BCUT2D eigenvalue weighted by atomic mass is 16.3. The first-order valence-corrected chi connectivity index (χ1v) is 12.4. The van der Waals surface area contributed by atoms with Crippen LogP contribution in [0.3, 0.4) is 0 Å². The molecule has 0 amide bonds. The molecule has 37 heavy (non-hydrogen) atoms. The molecule has 1 aromatic heterocycles. The number of aromatic nitrogens is 1. The Morgan fingerprint density at radius 2 is 1.49 bits per heavy atom. The molecule has 0 saturated carbocycles. The molecule has 8 rings (SSSR count). The highest BCUT2D eigenvalue weighted by Gasteiger charge is 2.42. The summed E-state index contributed by atoms with van der Waals surface area (Å²) in [4.78, 5) is 9.11. The maximum atomic E-state index is 5.68. The number of hydrogen-bond acceptors (Lipinski definition) is 6. The van der Waals surface area contributed by atoms with Crippen LogP contribution in [-0.4, -0.2) is 36.9 Å². The van der Waals surface area contributed by atoms with E-state index in [1.54, 1.807) is 12.5 Å². The van der Waals surface area contributed by atoms with E-state index in [1.807, 2.05) is 18.4 Å². The Hall–Kier alpha value is -4.78. The second kappa shape index (κ2) is 7.61. The van der Waals surface area contributed by atoms with E-state index in [4.69, 9.17) is 4.42 Å². The van der Waals surface area contributed by atoms with Crippen LogP contribution in [0.1, 0.15) is 0 Å². The third-order valence-corrected chi connectivity index (χ3v) is 7.60. The lowest BCUT2D eigenvalue weighted by atomic mass is 9.43. The van der Waals surface area contributed by atoms with Gasteiger partial charge in [0.2, 0.25) is 5.89 Å². The number of oxazole rings is 1. The molecule has 0 fully saturated rings. The van der Waals surface area contributed by atoms with E-state index in [1.165, 1.54) is 38.9 Å². The Morgan fingerprint density at radius 3 is 2.16 bits per heavy atom. The van der Waals surface area contributed by atoms with Crippen LogP contribution in [-0.2, 0) is 0 Å². The number of fused-ring (bicyclic) bond motifs is 11. The molecule has 0 aliphatic carbocycles. The summed E-state index contributed by atoms with van der Waals surface area (Å²) < 4.78 is 5.68. The van der Waals surface area contributed by atoms with Crippen molar-refractivity contribution in [2.75, 3.05) is 23.4 Å². The summed E-state index contributed by atoms with van der Waals surface area (Å²) >= 11 is 0. The van der Waals surface area contributed by atoms with E-state index in [9.17, 15) is 0 Å². The lowest BCUT2D eigenvalue weighted by Crippen LogP contribution is -2.59. The lowest BCUT2D eigenvalue weighted by Gasteiger charge is -2.43. The van der Waals surface area contributed by atoms with Gasteiger partial charge in [-0.1, -0.05) is 60.7 Å². The van der Waals surface area contributed by atoms with Gasteiger partial charge in [0.15, 0.2) is 0 Å². The first kappa shape index (κ1) is 20.4. The number of hydrazone groups is 1. The Bertz CT molecular complexity index is 1710. The zero-order valence-corrected chi connectivity index (χ0v) is 20.2. The standard InChI is InChI=1S/C30H22BN5O/c1-34-19-35(18-33-34)21-11-13-25-23-7-3-5-9-27(23)31-26-8-4-2-6-22(26)24-12-10-20(30-32-14-15-37-30)16-28(24)36(31)29(25)17-21/h2-18H,19H2,1H3. The third kappa shape index (κ3) is 2.94. The maximum absolute atomic E-state index is 5.68. The second-order valence-corrected chi connectivity index (χ2v) is 9.72. The van der Waals surface area contributed by atoms with Crippen LogP contribution in [0.15, 0.2) is 107 Å². The first-order chi connectivity index (χ1) is 18.3. The molecule has 0 saturated heterocycles. The predicted molar refractivity (Wildman–Crippen MR) is 150 cm³/mol. The largest absolute Gasteiger partial charge is 0.445 e. The van der Waals surface area contributed by atoms with Gasteiger partial charge in [-0.3, -0.25) is 5.01 Å². The molecule has 0 bridgehead atoms. The van der Waals surface area contributed by atoms with Gasteiger partial charge < -0.3 is 14.1 Å². The van der Waals surface area contributed by atoms with Crippen LogP contribution in [0.2, 0.25) is 0 Å². The van der Waals surface area contributed by atoms with Crippen LogP contribution in [0, 0.1) is 0 Å². The average Bonchev–Trinajstić information content (AvgIpc) is 3.65. The minimum absolute atomic E-state index is 0.0531. The molecule has 0 spiro atoms. The molecular formula is C30H22BN5O. The molecule has 0 atom stereocenters. The average molecular weight is 479 g/mol. The highest BCUT2D eigenvalue weighted by Crippen LogP contribution is 2.47. The number of nitrogens with zero attached hydrogens (tertiary/aromatic N) is 5. The van der Waals surface area contributed by atoms with Crippen molar-refractivity contribution >= 4 is 41.2 Å². The van der Waals surface area contributed by atoms with Crippen molar-refractivity contribution in [1.29, 1.82) is 0 Å². The van der Waals surface area contributed by atoms with Crippen LogP contribution in [0.5, 0.6) is 0 Å². The summed E-state index contributed by atoms with van der Waals surface area (Å²) in [6.07, 6.45) is 5.22. The van der Waals surface area contributed by atoms with E-state index in [0.29, 0.717) is 5.89 Å². The molecule has 4 heterocycles. The molecule has 0 unspecified atom stereocenters. The Balaban J connectivity index is 1.42. The van der Waals surface area contributed by atoms with Crippen molar-refractivity contribution in [2.24, 2.45) is 5.10 Å². The Morgan fingerprint density at radius 1 is 0.784 bits per heavy atom. The van der Waals surface area contributed by atoms with Crippen molar-refractivity contribution in [1.82, 2.24) is 9.99 Å². The second-order valence-electron chi connectivity index (χ2n) is 9.72. The highest BCUT2D eigenvalue weighted by molar-refractivity contribution is 6.92. The Kier molecular flexibility index (Phi) is 4.20. The maximum Gasteiger partial charge on any atom is 0.329 e. The van der Waals surface area contributed by atoms with Crippen molar-refractivity contribution in [3.8, 4) is 33.7 Å². The van der Waals surface area contributed by atoms with Gasteiger partial charge in [0.1, 0.15) is 19.3 Å². The fourth-order valence-corrected chi connectivity index (χ4v) is 5.99. The van der Waals surface area contributed by atoms with Crippen molar-refractivity contribution in [2.45, 2.75) is 0 Å². The SMILES string of the molecule is CN1CN(c2ccc3c(c2)N2B(c4ccccc4-c4ccc(-c5ncco5)cc42)c2ccccc2-3)C=N1.